The van der Waals surface area contributed by atoms with Crippen molar-refractivity contribution in [3.63, 3.8) is 0 Å². The molecule has 11 nitrogen and oxygen atoms in total. The van der Waals surface area contributed by atoms with Crippen LogP contribution in [0.2, 0.25) is 0 Å². The molecule has 0 saturated heterocycles. The molecule has 4 rings (SSSR count). The summed E-state index contributed by atoms with van der Waals surface area (Å²) in [6.45, 7) is 0. The number of hydrazine groups is 1. The second kappa shape index (κ2) is 9.39. The SMILES string of the molecule is O=C(NNC(=O)c1ccc(-n2cc(-c3ccccc3)nn2)cc1)Nc1ccc([N+](=O)[O-])cc1. The van der Waals surface area contributed by atoms with E-state index >= 15 is 0 Å². The molecule has 0 fully saturated rings. The van der Waals surface area contributed by atoms with E-state index in [2.05, 4.69) is 26.5 Å². The van der Waals surface area contributed by atoms with Gasteiger partial charge in [-0.1, -0.05) is 35.5 Å². The van der Waals surface area contributed by atoms with Crippen LogP contribution in [0.4, 0.5) is 16.2 Å². The Labute approximate surface area is 187 Å². The van der Waals surface area contributed by atoms with E-state index < -0.39 is 16.9 Å². The first-order chi connectivity index (χ1) is 16.0. The van der Waals surface area contributed by atoms with Gasteiger partial charge in [-0.15, -0.1) is 5.10 Å². The Morgan fingerprint density at radius 3 is 2.24 bits per heavy atom. The van der Waals surface area contributed by atoms with Gasteiger partial charge in [-0.25, -0.2) is 14.9 Å². The summed E-state index contributed by atoms with van der Waals surface area (Å²) in [5, 5.41) is 21.4. The van der Waals surface area contributed by atoms with E-state index in [0.717, 1.165) is 11.3 Å². The first kappa shape index (κ1) is 21.2. The van der Waals surface area contributed by atoms with Gasteiger partial charge in [-0.3, -0.25) is 20.3 Å². The van der Waals surface area contributed by atoms with E-state index in [1.165, 1.54) is 24.3 Å². The molecule has 4 aromatic rings. The lowest BCUT2D eigenvalue weighted by Gasteiger charge is -2.09. The minimum Gasteiger partial charge on any atom is -0.307 e. The number of rotatable bonds is 5. The summed E-state index contributed by atoms with van der Waals surface area (Å²) < 4.78 is 1.60. The first-order valence-electron chi connectivity index (χ1n) is 9.69. The highest BCUT2D eigenvalue weighted by Gasteiger charge is 2.10. The molecule has 0 saturated carbocycles. The molecular formula is C22H17N7O4. The van der Waals surface area contributed by atoms with Crippen molar-refractivity contribution in [2.75, 3.05) is 5.32 Å². The Bertz CT molecular complexity index is 1290. The molecule has 0 radical (unpaired) electrons. The number of hydrogen-bond acceptors (Lipinski definition) is 6. The maximum atomic E-state index is 12.3. The standard InChI is InChI=1S/C22H17N7O4/c30-21(25-26-22(31)23-17-8-12-19(13-9-17)29(32)33)16-6-10-18(11-7-16)28-14-20(24-27-28)15-4-2-1-3-5-15/h1-14H,(H,25,30)(H2,23,26,31). The number of nitro benzene ring substituents is 1. The van der Waals surface area contributed by atoms with Crippen LogP contribution >= 0.6 is 0 Å². The average Bonchev–Trinajstić information content (AvgIpc) is 3.34. The third kappa shape index (κ3) is 5.17. The van der Waals surface area contributed by atoms with E-state index in [1.807, 2.05) is 30.3 Å². The van der Waals surface area contributed by atoms with E-state index in [0.29, 0.717) is 16.9 Å². The molecule has 1 aromatic heterocycles. The van der Waals surface area contributed by atoms with Crippen LogP contribution in [-0.2, 0) is 0 Å². The number of nitrogens with one attached hydrogen (secondary N) is 3. The molecule has 11 heteroatoms. The van der Waals surface area contributed by atoms with Gasteiger partial charge in [0.05, 0.1) is 16.8 Å². The van der Waals surface area contributed by atoms with Gasteiger partial charge in [0.1, 0.15) is 5.69 Å². The third-order valence-electron chi connectivity index (χ3n) is 4.58. The Balaban J connectivity index is 1.32. The minimum absolute atomic E-state index is 0.0973. The van der Waals surface area contributed by atoms with Crippen LogP contribution in [0.5, 0.6) is 0 Å². The number of carbonyl (C=O) groups is 2. The van der Waals surface area contributed by atoms with Crippen LogP contribution in [0.15, 0.2) is 85.1 Å². The van der Waals surface area contributed by atoms with E-state index in [-0.39, 0.29) is 5.69 Å². The van der Waals surface area contributed by atoms with Crippen molar-refractivity contribution in [1.29, 1.82) is 0 Å². The van der Waals surface area contributed by atoms with Crippen molar-refractivity contribution in [2.24, 2.45) is 0 Å². The second-order valence-electron chi connectivity index (χ2n) is 6.80. The summed E-state index contributed by atoms with van der Waals surface area (Å²) in [5.74, 6) is -0.524. The molecule has 0 aliphatic rings. The van der Waals surface area contributed by atoms with Crippen LogP contribution in [0, 0.1) is 10.1 Å². The van der Waals surface area contributed by atoms with Crippen LogP contribution in [-0.4, -0.2) is 31.9 Å². The topological polar surface area (TPSA) is 144 Å². The fourth-order valence-corrected chi connectivity index (χ4v) is 2.91. The monoisotopic (exact) mass is 443 g/mol. The Kier molecular flexibility index (Phi) is 6.03. The zero-order valence-electron chi connectivity index (χ0n) is 17.0. The fourth-order valence-electron chi connectivity index (χ4n) is 2.91. The number of nitro groups is 1. The van der Waals surface area contributed by atoms with Gasteiger partial charge in [-0.05, 0) is 36.4 Å². The van der Waals surface area contributed by atoms with Crippen molar-refractivity contribution < 1.29 is 14.5 Å². The number of carbonyl (C=O) groups excluding carboxylic acids is 2. The summed E-state index contributed by atoms with van der Waals surface area (Å²) in [6.07, 6.45) is 1.79. The molecule has 0 aliphatic carbocycles. The predicted molar refractivity (Wildman–Crippen MR) is 120 cm³/mol. The van der Waals surface area contributed by atoms with Crippen LogP contribution in [0.25, 0.3) is 16.9 Å². The van der Waals surface area contributed by atoms with Gasteiger partial charge in [-0.2, -0.15) is 0 Å². The molecule has 3 amide bonds. The number of hydrogen-bond donors (Lipinski definition) is 3. The van der Waals surface area contributed by atoms with Crippen LogP contribution in [0.1, 0.15) is 10.4 Å². The van der Waals surface area contributed by atoms with Crippen molar-refractivity contribution in [1.82, 2.24) is 25.8 Å². The van der Waals surface area contributed by atoms with Crippen molar-refractivity contribution >= 4 is 23.3 Å². The lowest BCUT2D eigenvalue weighted by molar-refractivity contribution is -0.384. The average molecular weight is 443 g/mol. The Morgan fingerprint density at radius 2 is 1.58 bits per heavy atom. The molecule has 1 heterocycles. The number of non-ortho nitro benzene ring substituents is 1. The number of benzene rings is 3. The highest BCUT2D eigenvalue weighted by atomic mass is 16.6. The first-order valence-corrected chi connectivity index (χ1v) is 9.69. The zero-order chi connectivity index (χ0) is 23.2. The lowest BCUT2D eigenvalue weighted by atomic mass is 10.2. The van der Waals surface area contributed by atoms with Gasteiger partial charge in [0, 0.05) is 28.9 Å². The molecule has 0 spiro atoms. The molecule has 0 unspecified atom stereocenters. The summed E-state index contributed by atoms with van der Waals surface area (Å²) in [7, 11) is 0. The zero-order valence-corrected chi connectivity index (χ0v) is 17.0. The number of urea groups is 1. The summed E-state index contributed by atoms with van der Waals surface area (Å²) in [5.41, 5.74) is 7.44. The van der Waals surface area contributed by atoms with Crippen molar-refractivity contribution in [3.8, 4) is 16.9 Å². The Morgan fingerprint density at radius 1 is 0.879 bits per heavy atom. The molecule has 3 aromatic carbocycles. The molecule has 164 valence electrons. The molecule has 3 N–H and O–H groups in total. The lowest BCUT2D eigenvalue weighted by Crippen LogP contribution is -2.43. The van der Waals surface area contributed by atoms with Gasteiger partial charge >= 0.3 is 6.03 Å². The Hall–Kier alpha value is -5.06. The van der Waals surface area contributed by atoms with Gasteiger partial charge in [0.15, 0.2) is 0 Å². The number of nitrogens with zero attached hydrogens (tertiary/aromatic N) is 4. The minimum atomic E-state index is -0.704. The number of aromatic nitrogens is 3. The quantitative estimate of drug-likeness (QED) is 0.319. The molecule has 0 atom stereocenters. The van der Waals surface area contributed by atoms with Gasteiger partial charge < -0.3 is 5.32 Å². The smallest absolute Gasteiger partial charge is 0.307 e. The van der Waals surface area contributed by atoms with Crippen molar-refractivity contribution in [2.45, 2.75) is 0 Å². The van der Waals surface area contributed by atoms with Crippen LogP contribution in [0.3, 0.4) is 0 Å². The normalized spacial score (nSPS) is 10.3. The van der Waals surface area contributed by atoms with E-state index in [9.17, 15) is 19.7 Å². The van der Waals surface area contributed by atoms with E-state index in [4.69, 9.17) is 0 Å². The van der Waals surface area contributed by atoms with Crippen molar-refractivity contribution in [3.05, 3.63) is 101 Å². The maximum absolute atomic E-state index is 12.3. The fraction of sp³-hybridized carbons (Fsp3) is 0. The van der Waals surface area contributed by atoms with Gasteiger partial charge in [0.25, 0.3) is 11.6 Å². The second-order valence-corrected chi connectivity index (χ2v) is 6.80. The number of amides is 3. The number of anilines is 1. The molecule has 33 heavy (non-hydrogen) atoms. The summed E-state index contributed by atoms with van der Waals surface area (Å²) >= 11 is 0. The summed E-state index contributed by atoms with van der Waals surface area (Å²) in [4.78, 5) is 34.3. The third-order valence-corrected chi connectivity index (χ3v) is 4.58. The van der Waals surface area contributed by atoms with E-state index in [1.54, 1.807) is 35.1 Å². The summed E-state index contributed by atoms with van der Waals surface area (Å²) in [6, 6.07) is 20.8. The maximum Gasteiger partial charge on any atom is 0.337 e. The molecule has 0 bridgehead atoms. The molecule has 0 aliphatic heterocycles. The van der Waals surface area contributed by atoms with Crippen LogP contribution < -0.4 is 16.2 Å². The van der Waals surface area contributed by atoms with Gasteiger partial charge in [0.2, 0.25) is 0 Å². The highest BCUT2D eigenvalue weighted by Crippen LogP contribution is 2.18. The predicted octanol–water partition coefficient (Wildman–Crippen LogP) is 3.31. The largest absolute Gasteiger partial charge is 0.337 e. The highest BCUT2D eigenvalue weighted by molar-refractivity contribution is 5.97. The molecular weight excluding hydrogens is 426 g/mol.